The van der Waals surface area contributed by atoms with Crippen LogP contribution in [0.15, 0.2) is 47.3 Å². The molecule has 0 atom stereocenters. The van der Waals surface area contributed by atoms with Crippen LogP contribution in [0.3, 0.4) is 0 Å². The first-order valence-electron chi connectivity index (χ1n) is 9.93. The molecule has 0 radical (unpaired) electrons. The van der Waals surface area contributed by atoms with Crippen molar-refractivity contribution < 1.29 is 14.0 Å². The molecule has 0 spiro atoms. The van der Waals surface area contributed by atoms with Gasteiger partial charge in [0.2, 0.25) is 11.8 Å². The summed E-state index contributed by atoms with van der Waals surface area (Å²) in [6.45, 7) is -0.281. The van der Waals surface area contributed by atoms with E-state index in [4.69, 9.17) is 11.6 Å². The zero-order chi connectivity index (χ0) is 22.0. The summed E-state index contributed by atoms with van der Waals surface area (Å²) in [6, 6.07) is 10.8. The summed E-state index contributed by atoms with van der Waals surface area (Å²) in [7, 11) is 0. The first-order chi connectivity index (χ1) is 14.9. The number of aromatic nitrogens is 2. The topological polar surface area (TPSA) is 93.1 Å². The smallest absolute Gasteiger partial charge is 0.273 e. The number of carbonyl (C=O) groups is 2. The highest BCUT2D eigenvalue weighted by atomic mass is 35.5. The van der Waals surface area contributed by atoms with Gasteiger partial charge in [-0.05, 0) is 43.2 Å². The molecule has 2 N–H and O–H groups in total. The molecule has 1 aromatic heterocycles. The molecule has 7 nitrogen and oxygen atoms in total. The predicted octanol–water partition coefficient (Wildman–Crippen LogP) is 3.04. The second-order valence-corrected chi connectivity index (χ2v) is 7.86. The second kappa shape index (κ2) is 8.85. The number of rotatable bonds is 7. The van der Waals surface area contributed by atoms with Crippen LogP contribution in [0, 0.1) is 5.82 Å². The number of amides is 2. The van der Waals surface area contributed by atoms with Crippen LogP contribution in [0.5, 0.6) is 0 Å². The summed E-state index contributed by atoms with van der Waals surface area (Å²) in [4.78, 5) is 42.1. The summed E-state index contributed by atoms with van der Waals surface area (Å²) in [5, 5.41) is 5.54. The molecule has 2 amide bonds. The molecule has 0 saturated heterocycles. The van der Waals surface area contributed by atoms with Crippen LogP contribution in [0.25, 0.3) is 11.0 Å². The highest BCUT2D eigenvalue weighted by molar-refractivity contribution is 6.33. The molecule has 9 heteroatoms. The van der Waals surface area contributed by atoms with E-state index in [1.165, 1.54) is 16.7 Å². The average Bonchev–Trinajstić information content (AvgIpc) is 3.55. The number of nitrogens with zero attached hydrogens (tertiary/aromatic N) is 2. The zero-order valence-corrected chi connectivity index (χ0v) is 17.3. The van der Waals surface area contributed by atoms with E-state index in [9.17, 15) is 18.8 Å². The van der Waals surface area contributed by atoms with Gasteiger partial charge in [0.05, 0.1) is 21.7 Å². The fraction of sp³-hybridized carbons (Fsp3) is 0.273. The van der Waals surface area contributed by atoms with Crippen molar-refractivity contribution in [2.45, 2.75) is 38.3 Å². The van der Waals surface area contributed by atoms with Gasteiger partial charge in [-0.3, -0.25) is 19.0 Å². The molecule has 0 unspecified atom stereocenters. The van der Waals surface area contributed by atoms with Crippen LogP contribution in [0.2, 0.25) is 5.02 Å². The largest absolute Gasteiger partial charge is 0.353 e. The lowest BCUT2D eigenvalue weighted by molar-refractivity contribution is -0.121. The van der Waals surface area contributed by atoms with Gasteiger partial charge in [-0.1, -0.05) is 23.7 Å². The number of nitrogens with one attached hydrogen (secondary N) is 2. The molecule has 0 aliphatic heterocycles. The number of halogens is 2. The predicted molar refractivity (Wildman–Crippen MR) is 116 cm³/mol. The molecule has 1 fully saturated rings. The Hall–Kier alpha value is -3.26. The molecular weight excluding hydrogens is 423 g/mol. The van der Waals surface area contributed by atoms with E-state index in [1.807, 2.05) is 0 Å². The van der Waals surface area contributed by atoms with E-state index < -0.39 is 17.3 Å². The van der Waals surface area contributed by atoms with Crippen molar-refractivity contribution in [3.8, 4) is 0 Å². The summed E-state index contributed by atoms with van der Waals surface area (Å²) in [6.07, 6.45) is 2.29. The van der Waals surface area contributed by atoms with E-state index in [-0.39, 0.29) is 47.7 Å². The molecule has 4 rings (SSSR count). The molecule has 3 aromatic rings. The highest BCUT2D eigenvalue weighted by Crippen LogP contribution is 2.22. The number of hydrogen-bond donors (Lipinski definition) is 2. The molecule has 1 saturated carbocycles. The van der Waals surface area contributed by atoms with Gasteiger partial charge in [-0.15, -0.1) is 0 Å². The number of para-hydroxylation sites is 2. The molecule has 31 heavy (non-hydrogen) atoms. The maximum Gasteiger partial charge on any atom is 0.273 e. The molecule has 160 valence electrons. The minimum atomic E-state index is -0.519. The van der Waals surface area contributed by atoms with Gasteiger partial charge in [0.25, 0.3) is 5.56 Å². The third kappa shape index (κ3) is 5.08. The molecular formula is C22H20ClFN4O3. The molecule has 1 aliphatic rings. The first kappa shape index (κ1) is 21.0. The molecule has 2 aromatic carbocycles. The van der Waals surface area contributed by atoms with Crippen molar-refractivity contribution >= 4 is 40.1 Å². The van der Waals surface area contributed by atoms with Crippen molar-refractivity contribution in [3.05, 3.63) is 69.4 Å². The number of anilines is 1. The van der Waals surface area contributed by atoms with Gasteiger partial charge in [-0.25, -0.2) is 9.37 Å². The zero-order valence-electron chi connectivity index (χ0n) is 16.5. The second-order valence-electron chi connectivity index (χ2n) is 7.45. The van der Waals surface area contributed by atoms with Crippen LogP contribution in [0.4, 0.5) is 10.1 Å². The summed E-state index contributed by atoms with van der Waals surface area (Å²) in [5.41, 5.74) is 1.08. The lowest BCUT2D eigenvalue weighted by Crippen LogP contribution is -2.32. The standard InChI is InChI=1S/C22H20ClFN4O3/c23-15-11-13(24)5-8-16(15)27-21(30)12-28-19-4-2-1-3-17(19)26-18(22(28)31)9-10-20(29)25-14-6-7-14/h1-5,8,11,14H,6-7,9-10,12H2,(H,25,29)(H,27,30). The number of aryl methyl sites for hydroxylation is 1. The van der Waals surface area contributed by atoms with Gasteiger partial charge in [0.15, 0.2) is 0 Å². The van der Waals surface area contributed by atoms with Gasteiger partial charge < -0.3 is 10.6 Å². The van der Waals surface area contributed by atoms with Crippen LogP contribution in [0.1, 0.15) is 25.0 Å². The van der Waals surface area contributed by atoms with Crippen LogP contribution < -0.4 is 16.2 Å². The Bertz CT molecular complexity index is 1220. The Kier molecular flexibility index (Phi) is 5.99. The Morgan fingerprint density at radius 3 is 2.68 bits per heavy atom. The van der Waals surface area contributed by atoms with Crippen LogP contribution >= 0.6 is 11.6 Å². The van der Waals surface area contributed by atoms with E-state index >= 15 is 0 Å². The van der Waals surface area contributed by atoms with Crippen molar-refractivity contribution in [3.63, 3.8) is 0 Å². The van der Waals surface area contributed by atoms with Crippen molar-refractivity contribution in [1.82, 2.24) is 14.9 Å². The molecule has 1 heterocycles. The van der Waals surface area contributed by atoms with Crippen molar-refractivity contribution in [2.24, 2.45) is 0 Å². The quantitative estimate of drug-likeness (QED) is 0.588. The van der Waals surface area contributed by atoms with E-state index in [2.05, 4.69) is 15.6 Å². The van der Waals surface area contributed by atoms with Gasteiger partial charge in [-0.2, -0.15) is 0 Å². The van der Waals surface area contributed by atoms with Crippen molar-refractivity contribution in [2.75, 3.05) is 5.32 Å². The van der Waals surface area contributed by atoms with Gasteiger partial charge in [0, 0.05) is 18.9 Å². The summed E-state index contributed by atoms with van der Waals surface area (Å²) in [5.74, 6) is -1.13. The third-order valence-electron chi connectivity index (χ3n) is 4.96. The average molecular weight is 443 g/mol. The first-order valence-corrected chi connectivity index (χ1v) is 10.3. The van der Waals surface area contributed by atoms with Crippen LogP contribution in [-0.2, 0) is 22.6 Å². The van der Waals surface area contributed by atoms with Gasteiger partial charge in [0.1, 0.15) is 18.1 Å². The number of fused-ring (bicyclic) bond motifs is 1. The number of carbonyl (C=O) groups excluding carboxylic acids is 2. The molecule has 0 bridgehead atoms. The summed E-state index contributed by atoms with van der Waals surface area (Å²) >= 11 is 5.97. The van der Waals surface area contributed by atoms with Gasteiger partial charge >= 0.3 is 0 Å². The van der Waals surface area contributed by atoms with E-state index in [0.29, 0.717) is 11.0 Å². The Morgan fingerprint density at radius 2 is 1.94 bits per heavy atom. The summed E-state index contributed by atoms with van der Waals surface area (Å²) < 4.78 is 14.6. The normalized spacial score (nSPS) is 13.2. The Labute approximate surface area is 182 Å². The fourth-order valence-corrected chi connectivity index (χ4v) is 3.46. The number of hydrogen-bond acceptors (Lipinski definition) is 4. The Balaban J connectivity index is 1.57. The SMILES string of the molecule is O=C(Cn1c(=O)c(CCC(=O)NC2CC2)nc2ccccc21)Nc1ccc(F)cc1Cl. The maximum atomic E-state index is 13.2. The van der Waals surface area contributed by atoms with E-state index in [1.54, 1.807) is 24.3 Å². The fourth-order valence-electron chi connectivity index (χ4n) is 3.25. The van der Waals surface area contributed by atoms with E-state index in [0.717, 1.165) is 18.9 Å². The highest BCUT2D eigenvalue weighted by Gasteiger charge is 2.23. The lowest BCUT2D eigenvalue weighted by atomic mass is 10.2. The number of benzene rings is 2. The maximum absolute atomic E-state index is 13.2. The minimum Gasteiger partial charge on any atom is -0.353 e. The third-order valence-corrected chi connectivity index (χ3v) is 5.27. The minimum absolute atomic E-state index is 0.0580. The lowest BCUT2D eigenvalue weighted by Gasteiger charge is -2.13. The molecule has 1 aliphatic carbocycles. The van der Waals surface area contributed by atoms with Crippen LogP contribution in [-0.4, -0.2) is 27.4 Å². The Morgan fingerprint density at radius 1 is 1.16 bits per heavy atom. The van der Waals surface area contributed by atoms with Crippen molar-refractivity contribution in [1.29, 1.82) is 0 Å². The monoisotopic (exact) mass is 442 g/mol.